The highest BCUT2D eigenvalue weighted by Crippen LogP contribution is 2.34. The summed E-state index contributed by atoms with van der Waals surface area (Å²) in [5.41, 5.74) is 5.71. The molecule has 0 amide bonds. The molecule has 0 aliphatic carbocycles. The van der Waals surface area contributed by atoms with E-state index in [2.05, 4.69) is 40.6 Å². The quantitative estimate of drug-likeness (QED) is 0.463. The first kappa shape index (κ1) is 21.3. The molecule has 3 heterocycles. The Hall–Kier alpha value is -3.42. The summed E-state index contributed by atoms with van der Waals surface area (Å²) in [7, 11) is 1.93. The van der Waals surface area contributed by atoms with E-state index in [1.165, 1.54) is 6.21 Å². The van der Waals surface area contributed by atoms with Gasteiger partial charge in [0.25, 0.3) is 0 Å². The highest BCUT2D eigenvalue weighted by Gasteiger charge is 2.17. The summed E-state index contributed by atoms with van der Waals surface area (Å²) in [6.07, 6.45) is 2.96. The van der Waals surface area contributed by atoms with Crippen LogP contribution in [0.1, 0.15) is 37.9 Å². The molecular weight excluding hydrogens is 378 g/mol. The topological polar surface area (TPSA) is 101 Å². The van der Waals surface area contributed by atoms with E-state index in [1.807, 2.05) is 43.8 Å². The minimum Gasteiger partial charge on any atom is -0.477 e. The van der Waals surface area contributed by atoms with Crippen LogP contribution in [-0.4, -0.2) is 38.6 Å². The normalized spacial score (nSPS) is 10.9. The maximum Gasteiger partial charge on any atom is 0.222 e. The van der Waals surface area contributed by atoms with Gasteiger partial charge in [0.1, 0.15) is 5.69 Å². The molecule has 3 rings (SSSR count). The standard InChI is InChI=1S/C22H29N7O/c1-6-30-22-17(8-7-9-24-22)18-11-19(21(26-14(2)3)20(12-23)27-18)25-13-16-10-15(4)29(5)28-16/h7-12,14,23,26H,6,13H2,1-5H3,(H,25,27). The molecule has 8 nitrogen and oxygen atoms in total. The van der Waals surface area contributed by atoms with Crippen molar-refractivity contribution in [2.75, 3.05) is 17.2 Å². The molecule has 0 unspecified atom stereocenters. The molecule has 30 heavy (non-hydrogen) atoms. The van der Waals surface area contributed by atoms with Crippen molar-refractivity contribution in [2.24, 2.45) is 7.05 Å². The van der Waals surface area contributed by atoms with Crippen molar-refractivity contribution in [3.63, 3.8) is 0 Å². The fourth-order valence-electron chi connectivity index (χ4n) is 3.13. The van der Waals surface area contributed by atoms with Gasteiger partial charge in [-0.25, -0.2) is 9.97 Å². The van der Waals surface area contributed by atoms with Crippen LogP contribution in [0.3, 0.4) is 0 Å². The second kappa shape index (κ2) is 9.39. The number of hydrogen-bond acceptors (Lipinski definition) is 7. The van der Waals surface area contributed by atoms with Gasteiger partial charge < -0.3 is 20.8 Å². The van der Waals surface area contributed by atoms with Crippen molar-refractivity contribution in [3.05, 3.63) is 47.5 Å². The van der Waals surface area contributed by atoms with Crippen LogP contribution in [0.25, 0.3) is 11.3 Å². The van der Waals surface area contributed by atoms with Crippen LogP contribution in [0, 0.1) is 12.3 Å². The van der Waals surface area contributed by atoms with E-state index < -0.39 is 0 Å². The van der Waals surface area contributed by atoms with Crippen LogP contribution < -0.4 is 15.4 Å². The van der Waals surface area contributed by atoms with Crippen molar-refractivity contribution in [2.45, 2.75) is 40.3 Å². The van der Waals surface area contributed by atoms with E-state index in [9.17, 15) is 0 Å². The summed E-state index contributed by atoms with van der Waals surface area (Å²) in [6, 6.07) is 7.98. The van der Waals surface area contributed by atoms with Crippen molar-refractivity contribution in [3.8, 4) is 17.1 Å². The maximum absolute atomic E-state index is 7.93. The van der Waals surface area contributed by atoms with Gasteiger partial charge in [0.2, 0.25) is 5.88 Å². The lowest BCUT2D eigenvalue weighted by Gasteiger charge is -2.19. The average molecular weight is 408 g/mol. The summed E-state index contributed by atoms with van der Waals surface area (Å²) < 4.78 is 7.54. The predicted octanol–water partition coefficient (Wildman–Crippen LogP) is 4.01. The molecule has 0 aromatic carbocycles. The minimum absolute atomic E-state index is 0.186. The molecule has 0 bridgehead atoms. The molecular formula is C22H29N7O. The van der Waals surface area contributed by atoms with E-state index in [0.29, 0.717) is 30.4 Å². The molecule has 3 aromatic heterocycles. The Kier molecular flexibility index (Phi) is 6.66. The smallest absolute Gasteiger partial charge is 0.222 e. The van der Waals surface area contributed by atoms with Crippen LogP contribution >= 0.6 is 0 Å². The molecule has 0 spiro atoms. The molecule has 8 heteroatoms. The fourth-order valence-corrected chi connectivity index (χ4v) is 3.13. The number of aryl methyl sites for hydroxylation is 2. The molecule has 0 aliphatic heterocycles. The lowest BCUT2D eigenvalue weighted by Crippen LogP contribution is -2.15. The number of pyridine rings is 2. The minimum atomic E-state index is 0.186. The number of ether oxygens (including phenoxy) is 1. The van der Waals surface area contributed by atoms with E-state index in [0.717, 1.165) is 28.3 Å². The zero-order valence-electron chi connectivity index (χ0n) is 18.2. The van der Waals surface area contributed by atoms with Gasteiger partial charge in [-0.1, -0.05) is 0 Å². The molecule has 0 fully saturated rings. The third-order valence-corrected chi connectivity index (χ3v) is 4.57. The van der Waals surface area contributed by atoms with Crippen LogP contribution in [0.4, 0.5) is 11.4 Å². The lowest BCUT2D eigenvalue weighted by molar-refractivity contribution is 0.328. The number of hydrogen-bond donors (Lipinski definition) is 3. The van der Waals surface area contributed by atoms with E-state index >= 15 is 0 Å². The maximum atomic E-state index is 7.93. The van der Waals surface area contributed by atoms with Crippen LogP contribution in [0.15, 0.2) is 30.5 Å². The fraction of sp³-hybridized carbons (Fsp3) is 0.364. The monoisotopic (exact) mass is 407 g/mol. The second-order valence-electron chi connectivity index (χ2n) is 7.30. The molecule has 0 radical (unpaired) electrons. The van der Waals surface area contributed by atoms with Crippen LogP contribution in [0.5, 0.6) is 5.88 Å². The zero-order valence-corrected chi connectivity index (χ0v) is 18.2. The van der Waals surface area contributed by atoms with Crippen molar-refractivity contribution >= 4 is 17.6 Å². The van der Waals surface area contributed by atoms with E-state index in [1.54, 1.807) is 6.20 Å². The molecule has 0 saturated carbocycles. The first-order chi connectivity index (χ1) is 14.4. The first-order valence-electron chi connectivity index (χ1n) is 10.1. The van der Waals surface area contributed by atoms with Crippen molar-refractivity contribution < 1.29 is 4.74 Å². The molecule has 3 N–H and O–H groups in total. The summed E-state index contributed by atoms with van der Waals surface area (Å²) in [6.45, 7) is 9.13. The van der Waals surface area contributed by atoms with Crippen LogP contribution in [-0.2, 0) is 13.6 Å². The van der Waals surface area contributed by atoms with Gasteiger partial charge in [0.05, 0.1) is 41.5 Å². The number of nitrogens with zero attached hydrogens (tertiary/aromatic N) is 4. The number of nitrogens with one attached hydrogen (secondary N) is 3. The Morgan fingerprint density at radius 1 is 1.30 bits per heavy atom. The van der Waals surface area contributed by atoms with Gasteiger partial charge in [-0.15, -0.1) is 0 Å². The van der Waals surface area contributed by atoms with E-state index in [4.69, 9.17) is 15.1 Å². The SMILES string of the molecule is CCOc1ncccc1-c1cc(NCc2cc(C)n(C)n2)c(NC(C)C)c(C=N)n1. The summed E-state index contributed by atoms with van der Waals surface area (Å²) >= 11 is 0. The van der Waals surface area contributed by atoms with Gasteiger partial charge in [-0.05, 0) is 52.0 Å². The summed E-state index contributed by atoms with van der Waals surface area (Å²) in [5.74, 6) is 0.527. The Balaban J connectivity index is 2.05. The Morgan fingerprint density at radius 2 is 2.10 bits per heavy atom. The van der Waals surface area contributed by atoms with Crippen molar-refractivity contribution in [1.82, 2.24) is 19.7 Å². The number of rotatable bonds is 9. The molecule has 0 atom stereocenters. The average Bonchev–Trinajstić information content (AvgIpc) is 3.05. The largest absolute Gasteiger partial charge is 0.477 e. The first-order valence-corrected chi connectivity index (χ1v) is 10.1. The Bertz CT molecular complexity index is 1010. The van der Waals surface area contributed by atoms with E-state index in [-0.39, 0.29) is 6.04 Å². The highest BCUT2D eigenvalue weighted by atomic mass is 16.5. The Labute approximate surface area is 177 Å². The van der Waals surface area contributed by atoms with Gasteiger partial charge in [-0.3, -0.25) is 4.68 Å². The third kappa shape index (κ3) is 4.76. The molecule has 3 aromatic rings. The third-order valence-electron chi connectivity index (χ3n) is 4.57. The Morgan fingerprint density at radius 3 is 2.73 bits per heavy atom. The predicted molar refractivity (Wildman–Crippen MR) is 121 cm³/mol. The van der Waals surface area contributed by atoms with Gasteiger partial charge in [-0.2, -0.15) is 5.10 Å². The molecule has 0 saturated heterocycles. The van der Waals surface area contributed by atoms with Crippen LogP contribution in [0.2, 0.25) is 0 Å². The highest BCUT2D eigenvalue weighted by molar-refractivity contribution is 5.91. The molecule has 158 valence electrons. The van der Waals surface area contributed by atoms with Gasteiger partial charge in [0, 0.05) is 31.2 Å². The number of anilines is 2. The second-order valence-corrected chi connectivity index (χ2v) is 7.30. The van der Waals surface area contributed by atoms with Gasteiger partial charge in [0.15, 0.2) is 0 Å². The van der Waals surface area contributed by atoms with Crippen molar-refractivity contribution in [1.29, 1.82) is 5.41 Å². The zero-order chi connectivity index (χ0) is 21.7. The lowest BCUT2D eigenvalue weighted by atomic mass is 10.1. The number of aromatic nitrogens is 4. The van der Waals surface area contributed by atoms with Gasteiger partial charge >= 0.3 is 0 Å². The summed E-state index contributed by atoms with van der Waals surface area (Å²) in [5, 5.41) is 19.3. The summed E-state index contributed by atoms with van der Waals surface area (Å²) in [4.78, 5) is 9.04. The molecule has 0 aliphatic rings.